The molecule has 0 unspecified atom stereocenters. The zero-order valence-corrected chi connectivity index (χ0v) is 20.0. The Morgan fingerprint density at radius 3 is 1.97 bits per heavy atom. The summed E-state index contributed by atoms with van der Waals surface area (Å²) in [5.41, 5.74) is 2.46. The molecule has 0 saturated heterocycles. The van der Waals surface area contributed by atoms with Crippen LogP contribution in [0.4, 0.5) is 5.69 Å². The first kappa shape index (κ1) is 23.5. The standard InChI is InChI=1S/C26H27BrN2O3/c1-26(2,3)19-6-4-18(5-7-19)25(31)28-17-16-24(30)29-21-10-14-23(15-11-21)32-22-12-8-20(27)9-13-22/h4-15H,16-17H2,1-3H3,(H,28,31)(H,29,30). The van der Waals surface area contributed by atoms with Gasteiger partial charge in [-0.3, -0.25) is 9.59 Å². The van der Waals surface area contributed by atoms with Crippen LogP contribution in [0.2, 0.25) is 0 Å². The van der Waals surface area contributed by atoms with Gasteiger partial charge in [0.05, 0.1) is 0 Å². The highest BCUT2D eigenvalue weighted by molar-refractivity contribution is 9.10. The number of amides is 2. The Hall–Kier alpha value is -3.12. The molecule has 6 heteroatoms. The number of benzene rings is 3. The number of anilines is 1. The van der Waals surface area contributed by atoms with Crippen molar-refractivity contribution in [2.75, 3.05) is 11.9 Å². The smallest absolute Gasteiger partial charge is 0.251 e. The third-order valence-electron chi connectivity index (χ3n) is 4.84. The van der Waals surface area contributed by atoms with Gasteiger partial charge in [0.15, 0.2) is 0 Å². The molecular formula is C26H27BrN2O3. The van der Waals surface area contributed by atoms with E-state index in [4.69, 9.17) is 4.74 Å². The van der Waals surface area contributed by atoms with E-state index in [0.29, 0.717) is 17.0 Å². The fourth-order valence-electron chi connectivity index (χ4n) is 2.98. The van der Waals surface area contributed by atoms with Crippen LogP contribution >= 0.6 is 15.9 Å². The number of halogens is 1. The second-order valence-electron chi connectivity index (χ2n) is 8.46. The second kappa shape index (κ2) is 10.5. The molecule has 0 spiro atoms. The maximum Gasteiger partial charge on any atom is 0.251 e. The summed E-state index contributed by atoms with van der Waals surface area (Å²) in [5, 5.41) is 5.62. The number of ether oxygens (including phenoxy) is 1. The molecular weight excluding hydrogens is 468 g/mol. The van der Waals surface area contributed by atoms with Crippen molar-refractivity contribution in [2.45, 2.75) is 32.6 Å². The van der Waals surface area contributed by atoms with E-state index in [1.165, 1.54) is 5.56 Å². The van der Waals surface area contributed by atoms with Crippen LogP contribution in [0.5, 0.6) is 11.5 Å². The predicted octanol–water partition coefficient (Wildman–Crippen LogP) is 6.30. The summed E-state index contributed by atoms with van der Waals surface area (Å²) in [6, 6.07) is 22.2. The van der Waals surface area contributed by atoms with Crippen LogP contribution in [0.25, 0.3) is 0 Å². The van der Waals surface area contributed by atoms with E-state index in [-0.39, 0.29) is 30.2 Å². The average Bonchev–Trinajstić information content (AvgIpc) is 2.76. The minimum atomic E-state index is -0.187. The van der Waals surface area contributed by atoms with E-state index in [2.05, 4.69) is 47.3 Å². The van der Waals surface area contributed by atoms with Gasteiger partial charge in [-0.1, -0.05) is 48.8 Å². The Morgan fingerprint density at radius 2 is 1.41 bits per heavy atom. The highest BCUT2D eigenvalue weighted by Gasteiger charge is 2.14. The van der Waals surface area contributed by atoms with Crippen molar-refractivity contribution >= 4 is 33.4 Å². The number of carbonyl (C=O) groups excluding carboxylic acids is 2. The Kier molecular flexibility index (Phi) is 7.70. The van der Waals surface area contributed by atoms with Crippen molar-refractivity contribution < 1.29 is 14.3 Å². The number of hydrogen-bond acceptors (Lipinski definition) is 3. The Morgan fingerprint density at radius 1 is 0.844 bits per heavy atom. The highest BCUT2D eigenvalue weighted by atomic mass is 79.9. The van der Waals surface area contributed by atoms with Gasteiger partial charge in [0, 0.05) is 28.7 Å². The maximum absolute atomic E-state index is 12.3. The van der Waals surface area contributed by atoms with Crippen molar-refractivity contribution in [3.63, 3.8) is 0 Å². The minimum Gasteiger partial charge on any atom is -0.457 e. The zero-order valence-electron chi connectivity index (χ0n) is 18.4. The van der Waals surface area contributed by atoms with Gasteiger partial charge in [-0.2, -0.15) is 0 Å². The predicted molar refractivity (Wildman–Crippen MR) is 131 cm³/mol. The van der Waals surface area contributed by atoms with Gasteiger partial charge in [-0.05, 0) is 71.6 Å². The molecule has 0 bridgehead atoms. The molecule has 0 heterocycles. The van der Waals surface area contributed by atoms with Gasteiger partial charge in [0.25, 0.3) is 5.91 Å². The summed E-state index contributed by atoms with van der Waals surface area (Å²) < 4.78 is 6.76. The van der Waals surface area contributed by atoms with Crippen molar-refractivity contribution in [3.8, 4) is 11.5 Å². The van der Waals surface area contributed by atoms with Crippen molar-refractivity contribution in [2.24, 2.45) is 0 Å². The van der Waals surface area contributed by atoms with E-state index in [9.17, 15) is 9.59 Å². The van der Waals surface area contributed by atoms with Crippen molar-refractivity contribution in [1.29, 1.82) is 0 Å². The Bertz CT molecular complexity index is 1050. The minimum absolute atomic E-state index is 0.0381. The first-order valence-electron chi connectivity index (χ1n) is 10.4. The van der Waals surface area contributed by atoms with Crippen LogP contribution in [0, 0.1) is 0 Å². The molecule has 166 valence electrons. The van der Waals surface area contributed by atoms with Gasteiger partial charge < -0.3 is 15.4 Å². The highest BCUT2D eigenvalue weighted by Crippen LogP contribution is 2.25. The summed E-state index contributed by atoms with van der Waals surface area (Å²) in [6.07, 6.45) is 0.183. The average molecular weight is 495 g/mol. The van der Waals surface area contributed by atoms with E-state index in [0.717, 1.165) is 10.2 Å². The topological polar surface area (TPSA) is 67.4 Å². The first-order chi connectivity index (χ1) is 15.2. The zero-order chi connectivity index (χ0) is 23.1. The lowest BCUT2D eigenvalue weighted by atomic mass is 9.87. The number of hydrogen-bond donors (Lipinski definition) is 2. The maximum atomic E-state index is 12.3. The third-order valence-corrected chi connectivity index (χ3v) is 5.37. The third kappa shape index (κ3) is 6.95. The van der Waals surface area contributed by atoms with Crippen molar-refractivity contribution in [3.05, 3.63) is 88.4 Å². The molecule has 2 amide bonds. The lowest BCUT2D eigenvalue weighted by Crippen LogP contribution is -2.27. The molecule has 3 rings (SSSR count). The summed E-state index contributed by atoms with van der Waals surface area (Å²) in [7, 11) is 0. The largest absolute Gasteiger partial charge is 0.457 e. The monoisotopic (exact) mass is 494 g/mol. The van der Waals surface area contributed by atoms with E-state index >= 15 is 0 Å². The Labute approximate surface area is 197 Å². The van der Waals surface area contributed by atoms with E-state index in [1.807, 2.05) is 48.5 Å². The summed E-state index contributed by atoms with van der Waals surface area (Å²) in [6.45, 7) is 6.65. The molecule has 0 saturated carbocycles. The van der Waals surface area contributed by atoms with Crippen LogP contribution in [-0.2, 0) is 10.2 Å². The van der Waals surface area contributed by atoms with Gasteiger partial charge in [0.1, 0.15) is 11.5 Å². The van der Waals surface area contributed by atoms with Crippen LogP contribution in [0.1, 0.15) is 43.1 Å². The molecule has 3 aromatic carbocycles. The number of nitrogens with one attached hydrogen (secondary N) is 2. The molecule has 0 aromatic heterocycles. The van der Waals surface area contributed by atoms with Crippen LogP contribution in [0.3, 0.4) is 0 Å². The first-order valence-corrected chi connectivity index (χ1v) is 11.2. The van der Waals surface area contributed by atoms with Gasteiger partial charge in [0.2, 0.25) is 5.91 Å². The quantitative estimate of drug-likeness (QED) is 0.405. The molecule has 2 N–H and O–H groups in total. The normalized spacial score (nSPS) is 11.0. The number of rotatable bonds is 7. The fraction of sp³-hybridized carbons (Fsp3) is 0.231. The summed E-state index contributed by atoms with van der Waals surface area (Å²) in [5.74, 6) is 1.05. The van der Waals surface area contributed by atoms with Crippen LogP contribution < -0.4 is 15.4 Å². The molecule has 0 aliphatic rings. The lowest BCUT2D eigenvalue weighted by molar-refractivity contribution is -0.116. The number of carbonyl (C=O) groups is 2. The fourth-order valence-corrected chi connectivity index (χ4v) is 3.25. The van der Waals surface area contributed by atoms with Crippen molar-refractivity contribution in [1.82, 2.24) is 5.32 Å². The molecule has 0 aliphatic carbocycles. The Balaban J connectivity index is 1.43. The van der Waals surface area contributed by atoms with Crippen LogP contribution in [-0.4, -0.2) is 18.4 Å². The lowest BCUT2D eigenvalue weighted by Gasteiger charge is -2.19. The molecule has 5 nitrogen and oxygen atoms in total. The van der Waals surface area contributed by atoms with E-state index < -0.39 is 0 Å². The summed E-state index contributed by atoms with van der Waals surface area (Å²) in [4.78, 5) is 24.5. The molecule has 32 heavy (non-hydrogen) atoms. The van der Waals surface area contributed by atoms with Gasteiger partial charge in [-0.15, -0.1) is 0 Å². The van der Waals surface area contributed by atoms with E-state index in [1.54, 1.807) is 24.3 Å². The molecule has 3 aromatic rings. The molecule has 0 fully saturated rings. The molecule has 0 atom stereocenters. The van der Waals surface area contributed by atoms with Gasteiger partial charge in [-0.25, -0.2) is 0 Å². The molecule has 0 aliphatic heterocycles. The second-order valence-corrected chi connectivity index (χ2v) is 9.38. The van der Waals surface area contributed by atoms with Crippen LogP contribution in [0.15, 0.2) is 77.3 Å². The SMILES string of the molecule is CC(C)(C)c1ccc(C(=O)NCCC(=O)Nc2ccc(Oc3ccc(Br)cc3)cc2)cc1. The molecule has 0 radical (unpaired) electrons. The summed E-state index contributed by atoms with van der Waals surface area (Å²) >= 11 is 3.39. The van der Waals surface area contributed by atoms with Gasteiger partial charge >= 0.3 is 0 Å².